The van der Waals surface area contributed by atoms with Gasteiger partial charge in [-0.2, -0.15) is 0 Å². The number of aromatic hydroxyl groups is 2. The molecule has 0 amide bonds. The number of aliphatic imine (C=N–C) groups is 1. The molecule has 3 nitrogen and oxygen atoms in total. The first-order valence-corrected chi connectivity index (χ1v) is 8.35. The first kappa shape index (κ1) is 18.7. The number of hydrogen-bond acceptors (Lipinski definition) is 3. The van der Waals surface area contributed by atoms with Gasteiger partial charge in [0.1, 0.15) is 17.2 Å². The third kappa shape index (κ3) is 3.87. The monoisotopic (exact) mass is 402 g/mol. The zero-order valence-electron chi connectivity index (χ0n) is 14.3. The van der Waals surface area contributed by atoms with E-state index in [1.54, 1.807) is 18.3 Å². The molecule has 0 spiro atoms. The van der Waals surface area contributed by atoms with E-state index in [0.717, 1.165) is 21.9 Å². The normalized spacial score (nSPS) is 10.8. The first-order valence-electron chi connectivity index (χ1n) is 8.35. The van der Waals surface area contributed by atoms with Gasteiger partial charge in [-0.25, -0.2) is 0 Å². The molecule has 27 heavy (non-hydrogen) atoms. The van der Waals surface area contributed by atoms with Crippen molar-refractivity contribution in [1.82, 2.24) is 0 Å². The van der Waals surface area contributed by atoms with Crippen LogP contribution in [0.3, 0.4) is 0 Å². The van der Waals surface area contributed by atoms with Crippen molar-refractivity contribution in [3.05, 3.63) is 90.5 Å². The molecule has 0 saturated carbocycles. The van der Waals surface area contributed by atoms with Crippen molar-refractivity contribution in [2.75, 3.05) is 0 Å². The van der Waals surface area contributed by atoms with E-state index in [2.05, 4.69) is 4.99 Å². The molecule has 0 aliphatic carbocycles. The van der Waals surface area contributed by atoms with Gasteiger partial charge in [0.05, 0.1) is 0 Å². The summed E-state index contributed by atoms with van der Waals surface area (Å²) in [6, 6.07) is 26.6. The molecule has 0 aromatic heterocycles. The van der Waals surface area contributed by atoms with Crippen LogP contribution >= 0.6 is 0 Å². The van der Waals surface area contributed by atoms with Crippen molar-refractivity contribution in [2.45, 2.75) is 0 Å². The zero-order valence-corrected chi connectivity index (χ0v) is 15.2. The van der Waals surface area contributed by atoms with Crippen LogP contribution in [0.4, 0.5) is 5.69 Å². The van der Waals surface area contributed by atoms with Gasteiger partial charge in [-0.15, -0.1) is 0 Å². The van der Waals surface area contributed by atoms with E-state index >= 15 is 0 Å². The minimum Gasteiger partial charge on any atom is -0.507 e. The molecule has 4 rings (SSSR count). The molecule has 4 aromatic carbocycles. The molecule has 137 valence electrons. The Balaban J connectivity index is 0.00000210. The van der Waals surface area contributed by atoms with Crippen LogP contribution in [0.25, 0.3) is 21.9 Å². The summed E-state index contributed by atoms with van der Waals surface area (Å²) < 4.78 is 0. The molecular formula is C23H17CuNO2. The molecule has 0 unspecified atom stereocenters. The summed E-state index contributed by atoms with van der Waals surface area (Å²) in [6.07, 6.45) is 1.60. The van der Waals surface area contributed by atoms with E-state index in [9.17, 15) is 10.2 Å². The average Bonchev–Trinajstić information content (AvgIpc) is 2.69. The average molecular weight is 403 g/mol. The molecular weight excluding hydrogens is 386 g/mol. The Bertz CT molecular complexity index is 1110. The Kier molecular flexibility index (Phi) is 5.60. The molecule has 1 radical (unpaired) electrons. The summed E-state index contributed by atoms with van der Waals surface area (Å²) in [5.74, 6) is 0.256. The Morgan fingerprint density at radius 2 is 1.37 bits per heavy atom. The minimum absolute atomic E-state index is 0. The van der Waals surface area contributed by atoms with Gasteiger partial charge >= 0.3 is 0 Å². The Morgan fingerprint density at radius 3 is 2.19 bits per heavy atom. The largest absolute Gasteiger partial charge is 0.507 e. The van der Waals surface area contributed by atoms with E-state index < -0.39 is 0 Å². The Hall–Kier alpha value is -3.07. The first-order chi connectivity index (χ1) is 12.7. The summed E-state index contributed by atoms with van der Waals surface area (Å²) in [4.78, 5) is 4.44. The third-order valence-electron chi connectivity index (χ3n) is 4.36. The number of nitrogens with zero attached hydrogens (tertiary/aromatic N) is 1. The van der Waals surface area contributed by atoms with Gasteiger partial charge in [-0.3, -0.25) is 4.99 Å². The summed E-state index contributed by atoms with van der Waals surface area (Å²) in [7, 11) is 0. The van der Waals surface area contributed by atoms with Crippen LogP contribution in [-0.2, 0) is 17.1 Å². The van der Waals surface area contributed by atoms with Crippen LogP contribution in [0.2, 0.25) is 0 Å². The molecule has 0 saturated heterocycles. The van der Waals surface area contributed by atoms with Crippen LogP contribution in [0.1, 0.15) is 5.56 Å². The van der Waals surface area contributed by atoms with Gasteiger partial charge in [0.2, 0.25) is 0 Å². The van der Waals surface area contributed by atoms with Crippen LogP contribution in [0, 0.1) is 0 Å². The predicted octanol–water partition coefficient (Wildman–Crippen LogP) is 5.67. The zero-order chi connectivity index (χ0) is 17.9. The number of hydrogen-bond donors (Lipinski definition) is 2. The Labute approximate surface area is 168 Å². The Morgan fingerprint density at radius 1 is 0.667 bits per heavy atom. The van der Waals surface area contributed by atoms with Gasteiger partial charge in [-0.1, -0.05) is 66.7 Å². The van der Waals surface area contributed by atoms with Gasteiger partial charge in [0.25, 0.3) is 0 Å². The number of phenolic OH excluding ortho intramolecular Hbond substituents is 2. The second-order valence-corrected chi connectivity index (χ2v) is 6.05. The summed E-state index contributed by atoms with van der Waals surface area (Å²) in [5.41, 5.74) is 3.11. The number of phenols is 2. The number of rotatable bonds is 3. The number of fused-ring (bicyclic) bond motifs is 1. The maximum Gasteiger partial charge on any atom is 0.141 e. The molecule has 0 heterocycles. The van der Waals surface area contributed by atoms with Crippen molar-refractivity contribution in [3.8, 4) is 22.6 Å². The fourth-order valence-electron chi connectivity index (χ4n) is 2.99. The van der Waals surface area contributed by atoms with Crippen molar-refractivity contribution >= 4 is 22.7 Å². The van der Waals surface area contributed by atoms with Gasteiger partial charge in [0.15, 0.2) is 0 Å². The molecule has 0 fully saturated rings. The van der Waals surface area contributed by atoms with E-state index in [-0.39, 0.29) is 28.6 Å². The summed E-state index contributed by atoms with van der Waals surface area (Å²) in [5, 5.41) is 22.3. The van der Waals surface area contributed by atoms with Crippen LogP contribution in [0.15, 0.2) is 89.9 Å². The van der Waals surface area contributed by atoms with Crippen molar-refractivity contribution in [3.63, 3.8) is 0 Å². The fraction of sp³-hybridized carbons (Fsp3) is 0. The summed E-state index contributed by atoms with van der Waals surface area (Å²) >= 11 is 0. The van der Waals surface area contributed by atoms with E-state index in [4.69, 9.17) is 0 Å². The standard InChI is InChI=1S/C23H17NO2.Cu/c25-22-12-10-17-8-4-5-9-19(17)20(22)15-24-21-14-18(11-13-23(21)26)16-6-2-1-3-7-16;/h1-15,25-26H;. The molecule has 4 aromatic rings. The van der Waals surface area contributed by atoms with E-state index in [1.165, 1.54) is 0 Å². The van der Waals surface area contributed by atoms with E-state index in [0.29, 0.717) is 11.3 Å². The second kappa shape index (κ2) is 8.09. The minimum atomic E-state index is 0. The quantitative estimate of drug-likeness (QED) is 0.343. The maximum atomic E-state index is 10.2. The topological polar surface area (TPSA) is 52.8 Å². The van der Waals surface area contributed by atoms with Gasteiger partial charge < -0.3 is 10.2 Å². The van der Waals surface area contributed by atoms with E-state index in [1.807, 2.05) is 72.8 Å². The third-order valence-corrected chi connectivity index (χ3v) is 4.36. The fourth-order valence-corrected chi connectivity index (χ4v) is 2.99. The second-order valence-electron chi connectivity index (χ2n) is 6.05. The molecule has 0 aliphatic heterocycles. The summed E-state index contributed by atoms with van der Waals surface area (Å²) in [6.45, 7) is 0. The van der Waals surface area contributed by atoms with Crippen LogP contribution < -0.4 is 0 Å². The van der Waals surface area contributed by atoms with Crippen LogP contribution in [-0.4, -0.2) is 16.4 Å². The molecule has 0 aliphatic rings. The SMILES string of the molecule is Oc1ccc(-c2ccccc2)cc1N=Cc1c(O)ccc2ccccc12.[Cu]. The predicted molar refractivity (Wildman–Crippen MR) is 106 cm³/mol. The molecule has 4 heteroatoms. The van der Waals surface area contributed by atoms with Crippen molar-refractivity contribution in [2.24, 2.45) is 4.99 Å². The molecule has 0 bridgehead atoms. The van der Waals surface area contributed by atoms with Gasteiger partial charge in [0, 0.05) is 28.8 Å². The molecule has 2 N–H and O–H groups in total. The number of benzene rings is 4. The van der Waals surface area contributed by atoms with Crippen LogP contribution in [0.5, 0.6) is 11.5 Å². The smallest absolute Gasteiger partial charge is 0.141 e. The molecule has 0 atom stereocenters. The van der Waals surface area contributed by atoms with Crippen molar-refractivity contribution < 1.29 is 27.3 Å². The van der Waals surface area contributed by atoms with Crippen molar-refractivity contribution in [1.29, 1.82) is 0 Å². The maximum absolute atomic E-state index is 10.2. The van der Waals surface area contributed by atoms with Gasteiger partial charge in [-0.05, 0) is 40.1 Å².